The minimum atomic E-state index is -0.0942. The largest absolute Gasteiger partial charge is 0.336 e. The smallest absolute Gasteiger partial charge is 0.319 e. The van der Waals surface area contributed by atoms with E-state index < -0.39 is 0 Å². The number of fused-ring (bicyclic) bond motifs is 3. The van der Waals surface area contributed by atoms with E-state index in [1.54, 1.807) is 11.8 Å². The molecule has 0 saturated carbocycles. The molecule has 4 heterocycles. The van der Waals surface area contributed by atoms with E-state index in [2.05, 4.69) is 38.3 Å². The van der Waals surface area contributed by atoms with E-state index in [0.29, 0.717) is 6.04 Å². The average Bonchev–Trinajstić information content (AvgIpc) is 2.74. The zero-order valence-electron chi connectivity index (χ0n) is 16.7. The summed E-state index contributed by atoms with van der Waals surface area (Å²) < 4.78 is 0. The number of benzene rings is 1. The maximum atomic E-state index is 12.3. The van der Waals surface area contributed by atoms with Crippen molar-refractivity contribution in [3.63, 3.8) is 0 Å². The fraction of sp³-hybridized carbons (Fsp3) is 0.667. The van der Waals surface area contributed by atoms with E-state index in [1.807, 2.05) is 24.5 Å². The lowest BCUT2D eigenvalue weighted by Crippen LogP contribution is -2.59. The highest BCUT2D eigenvalue weighted by Crippen LogP contribution is 2.36. The Morgan fingerprint density at radius 1 is 1.29 bits per heavy atom. The molecule has 4 atom stereocenters. The Morgan fingerprint density at radius 2 is 2.14 bits per heavy atom. The van der Waals surface area contributed by atoms with Crippen LogP contribution in [0, 0.1) is 11.8 Å². The number of thioether (sulfide) groups is 2. The van der Waals surface area contributed by atoms with Gasteiger partial charge in [-0.05, 0) is 55.7 Å². The number of amides is 2. The van der Waals surface area contributed by atoms with E-state index in [-0.39, 0.29) is 6.03 Å². The Bertz CT molecular complexity index is 668. The SMILES string of the molecule is CSc1cccc(NC(=O)NC[C@@H]2C[C@H]3CCN2C[C@@H]3CN2CCSCC2)c1. The molecular weight excluding hydrogens is 388 g/mol. The number of anilines is 1. The van der Waals surface area contributed by atoms with Crippen LogP contribution >= 0.6 is 23.5 Å². The Kier molecular flexibility index (Phi) is 7.09. The summed E-state index contributed by atoms with van der Waals surface area (Å²) in [6.07, 6.45) is 4.61. The van der Waals surface area contributed by atoms with Gasteiger partial charge in [0.2, 0.25) is 0 Å². The minimum absolute atomic E-state index is 0.0942. The number of carbonyl (C=O) groups is 1. The molecule has 2 N–H and O–H groups in total. The van der Waals surface area contributed by atoms with Gasteiger partial charge in [-0.25, -0.2) is 4.79 Å². The highest BCUT2D eigenvalue weighted by molar-refractivity contribution is 7.99. The molecule has 2 bridgehead atoms. The van der Waals surface area contributed by atoms with Gasteiger partial charge in [0.05, 0.1) is 0 Å². The first kappa shape index (κ1) is 20.4. The van der Waals surface area contributed by atoms with Gasteiger partial charge in [0.1, 0.15) is 0 Å². The van der Waals surface area contributed by atoms with Gasteiger partial charge in [-0.2, -0.15) is 11.8 Å². The molecule has 5 rings (SSSR count). The summed E-state index contributed by atoms with van der Waals surface area (Å²) in [4.78, 5) is 18.8. The molecule has 2 amide bonds. The van der Waals surface area contributed by atoms with Gasteiger partial charge < -0.3 is 15.5 Å². The van der Waals surface area contributed by atoms with Crippen LogP contribution in [0.1, 0.15) is 12.8 Å². The first-order valence-corrected chi connectivity index (χ1v) is 12.8. The molecule has 4 aliphatic heterocycles. The van der Waals surface area contributed by atoms with Crippen LogP contribution in [0.5, 0.6) is 0 Å². The van der Waals surface area contributed by atoms with Gasteiger partial charge >= 0.3 is 6.03 Å². The lowest BCUT2D eigenvalue weighted by Gasteiger charge is -2.51. The number of nitrogens with one attached hydrogen (secondary N) is 2. The molecule has 4 aliphatic rings. The molecule has 4 fully saturated rings. The zero-order chi connectivity index (χ0) is 19.3. The number of rotatable bonds is 6. The molecule has 1 aromatic carbocycles. The van der Waals surface area contributed by atoms with Crippen molar-refractivity contribution in [2.75, 3.05) is 62.3 Å². The molecule has 4 saturated heterocycles. The van der Waals surface area contributed by atoms with Crippen LogP contribution in [-0.2, 0) is 0 Å². The summed E-state index contributed by atoms with van der Waals surface area (Å²) in [5.74, 6) is 4.23. The molecule has 1 unspecified atom stereocenters. The maximum Gasteiger partial charge on any atom is 0.319 e. The second kappa shape index (κ2) is 9.74. The second-order valence-corrected chi connectivity index (χ2v) is 10.3. The predicted octanol–water partition coefficient (Wildman–Crippen LogP) is 3.29. The van der Waals surface area contributed by atoms with Crippen molar-refractivity contribution in [2.24, 2.45) is 11.8 Å². The van der Waals surface area contributed by atoms with E-state index >= 15 is 0 Å². The molecule has 7 heteroatoms. The molecule has 0 aromatic heterocycles. The van der Waals surface area contributed by atoms with E-state index in [1.165, 1.54) is 57.1 Å². The Labute approximate surface area is 177 Å². The molecule has 5 nitrogen and oxygen atoms in total. The van der Waals surface area contributed by atoms with Gasteiger partial charge in [-0.15, -0.1) is 11.8 Å². The van der Waals surface area contributed by atoms with Crippen LogP contribution in [0.15, 0.2) is 29.2 Å². The van der Waals surface area contributed by atoms with Crippen molar-refractivity contribution in [2.45, 2.75) is 23.8 Å². The highest BCUT2D eigenvalue weighted by Gasteiger charge is 2.40. The monoisotopic (exact) mass is 420 g/mol. The van der Waals surface area contributed by atoms with Gasteiger partial charge in [0.25, 0.3) is 0 Å². The van der Waals surface area contributed by atoms with Crippen molar-refractivity contribution >= 4 is 35.2 Å². The predicted molar refractivity (Wildman–Crippen MR) is 121 cm³/mol. The minimum Gasteiger partial charge on any atom is -0.336 e. The number of carbonyl (C=O) groups excluding carboxylic acids is 1. The maximum absolute atomic E-state index is 12.3. The first-order valence-electron chi connectivity index (χ1n) is 10.4. The molecule has 0 aliphatic carbocycles. The zero-order valence-corrected chi connectivity index (χ0v) is 18.4. The molecule has 0 spiro atoms. The van der Waals surface area contributed by atoms with Crippen LogP contribution in [0.4, 0.5) is 10.5 Å². The number of urea groups is 1. The third kappa shape index (κ3) is 5.17. The fourth-order valence-corrected chi connectivity index (χ4v) is 6.31. The fourth-order valence-electron chi connectivity index (χ4n) is 4.87. The summed E-state index contributed by atoms with van der Waals surface area (Å²) in [6, 6.07) is 8.39. The number of nitrogens with zero attached hydrogens (tertiary/aromatic N) is 2. The second-order valence-electron chi connectivity index (χ2n) is 8.17. The van der Waals surface area contributed by atoms with Crippen molar-refractivity contribution in [3.8, 4) is 0 Å². The average molecular weight is 421 g/mol. The standard InChI is InChI=1S/C21H32N4OS2/c1-27-20-4-2-3-18(12-20)23-21(26)22-13-19-11-16-5-6-25(19)15-17(16)14-24-7-9-28-10-8-24/h2-4,12,16-17,19H,5-11,13-15H2,1H3,(H2,22,23,26)/t16-,17+,19+/m1/s1. The van der Waals surface area contributed by atoms with Crippen molar-refractivity contribution in [1.29, 1.82) is 0 Å². The normalized spacial score (nSPS) is 30.2. The number of piperidine rings is 3. The summed E-state index contributed by atoms with van der Waals surface area (Å²) in [7, 11) is 0. The molecule has 154 valence electrons. The van der Waals surface area contributed by atoms with Crippen LogP contribution in [0.25, 0.3) is 0 Å². The van der Waals surface area contributed by atoms with Crippen LogP contribution in [-0.4, -0.2) is 78.9 Å². The van der Waals surface area contributed by atoms with Crippen LogP contribution in [0.3, 0.4) is 0 Å². The van der Waals surface area contributed by atoms with E-state index in [9.17, 15) is 4.79 Å². The molecule has 0 radical (unpaired) electrons. The molecule has 1 aromatic rings. The Morgan fingerprint density at radius 3 is 2.89 bits per heavy atom. The number of hydrogen-bond donors (Lipinski definition) is 2. The Balaban J connectivity index is 1.23. The van der Waals surface area contributed by atoms with Gasteiger partial charge in [0, 0.05) is 60.9 Å². The van der Waals surface area contributed by atoms with Gasteiger partial charge in [-0.1, -0.05) is 6.07 Å². The van der Waals surface area contributed by atoms with Crippen LogP contribution < -0.4 is 10.6 Å². The third-order valence-electron chi connectivity index (χ3n) is 6.44. The van der Waals surface area contributed by atoms with Crippen molar-refractivity contribution in [3.05, 3.63) is 24.3 Å². The van der Waals surface area contributed by atoms with E-state index in [4.69, 9.17) is 0 Å². The summed E-state index contributed by atoms with van der Waals surface area (Å²) in [6.45, 7) is 6.94. The lowest BCUT2D eigenvalue weighted by molar-refractivity contribution is -0.00980. The quantitative estimate of drug-likeness (QED) is 0.692. The van der Waals surface area contributed by atoms with E-state index in [0.717, 1.165) is 29.0 Å². The van der Waals surface area contributed by atoms with Crippen LogP contribution in [0.2, 0.25) is 0 Å². The molecule has 28 heavy (non-hydrogen) atoms. The summed E-state index contributed by atoms with van der Waals surface area (Å²) >= 11 is 3.77. The van der Waals surface area contributed by atoms with Crippen molar-refractivity contribution in [1.82, 2.24) is 15.1 Å². The molecular formula is C21H32N4OS2. The lowest BCUT2D eigenvalue weighted by atomic mass is 9.75. The summed E-state index contributed by atoms with van der Waals surface area (Å²) in [5.41, 5.74) is 0.856. The highest BCUT2D eigenvalue weighted by atomic mass is 32.2. The van der Waals surface area contributed by atoms with Gasteiger partial charge in [0.15, 0.2) is 0 Å². The Hall–Kier alpha value is -0.890. The van der Waals surface area contributed by atoms with Gasteiger partial charge in [-0.3, -0.25) is 4.90 Å². The third-order valence-corrected chi connectivity index (χ3v) is 8.10. The summed E-state index contributed by atoms with van der Waals surface area (Å²) in [5, 5.41) is 6.08. The topological polar surface area (TPSA) is 47.6 Å². The van der Waals surface area contributed by atoms with Crippen molar-refractivity contribution < 1.29 is 4.79 Å². The first-order chi connectivity index (χ1) is 13.7. The number of hydrogen-bond acceptors (Lipinski definition) is 5.